The molecule has 134 valence electrons. The maximum Gasteiger partial charge on any atom is 0.321 e. The third-order valence-electron chi connectivity index (χ3n) is 2.81. The van der Waals surface area contributed by atoms with Crippen LogP contribution < -0.4 is 15.4 Å². The molecule has 0 aliphatic heterocycles. The number of carbonyl (C=O) groups is 2. The van der Waals surface area contributed by atoms with Gasteiger partial charge in [-0.2, -0.15) is 0 Å². The largest absolute Gasteiger partial charge is 0.497 e. The smallest absolute Gasteiger partial charge is 0.321 e. The van der Waals surface area contributed by atoms with E-state index in [0.717, 1.165) is 23.1 Å². The summed E-state index contributed by atoms with van der Waals surface area (Å²) in [7, 11) is 1.59. The Labute approximate surface area is 149 Å². The van der Waals surface area contributed by atoms with Crippen molar-refractivity contribution in [1.82, 2.24) is 20.8 Å². The second-order valence-electron chi connectivity index (χ2n) is 6.14. The van der Waals surface area contributed by atoms with Crippen molar-refractivity contribution in [1.29, 1.82) is 0 Å². The summed E-state index contributed by atoms with van der Waals surface area (Å²) in [5.74, 6) is 0.608. The molecule has 0 saturated heterocycles. The number of ether oxygens (including phenoxy) is 1. The Morgan fingerprint density at radius 1 is 1.20 bits per heavy atom. The average molecular weight is 364 g/mol. The molecule has 0 unspecified atom stereocenters. The highest BCUT2D eigenvalue weighted by atomic mass is 32.2. The fraction of sp³-hybridized carbons (Fsp3) is 0.375. The predicted octanol–water partition coefficient (Wildman–Crippen LogP) is 2.46. The monoisotopic (exact) mass is 364 g/mol. The molecule has 8 nitrogen and oxygen atoms in total. The number of aromatic nitrogens is 2. The molecule has 2 aromatic rings. The van der Waals surface area contributed by atoms with Gasteiger partial charge in [-0.05, 0) is 45.0 Å². The van der Waals surface area contributed by atoms with Crippen LogP contribution in [-0.2, 0) is 4.79 Å². The first kappa shape index (κ1) is 18.8. The fourth-order valence-electron chi connectivity index (χ4n) is 1.78. The quantitative estimate of drug-likeness (QED) is 0.785. The van der Waals surface area contributed by atoms with E-state index in [2.05, 4.69) is 20.8 Å². The van der Waals surface area contributed by atoms with Gasteiger partial charge in [0.1, 0.15) is 5.75 Å². The molecule has 0 saturated carbocycles. The molecule has 2 N–H and O–H groups in total. The minimum absolute atomic E-state index is 0.0121. The lowest BCUT2D eigenvalue weighted by atomic mass is 10.1. The second kappa shape index (κ2) is 8.02. The number of rotatable bonds is 5. The van der Waals surface area contributed by atoms with Gasteiger partial charge in [-0.3, -0.25) is 10.1 Å². The zero-order valence-electron chi connectivity index (χ0n) is 14.5. The molecule has 1 aromatic heterocycles. The Hall–Kier alpha value is -2.55. The van der Waals surface area contributed by atoms with Crippen LogP contribution in [0, 0.1) is 0 Å². The van der Waals surface area contributed by atoms with Crippen LogP contribution in [0.5, 0.6) is 5.75 Å². The number of benzene rings is 1. The van der Waals surface area contributed by atoms with Crippen molar-refractivity contribution in [3.63, 3.8) is 0 Å². The van der Waals surface area contributed by atoms with E-state index in [1.54, 1.807) is 31.4 Å². The number of imide groups is 1. The standard InChI is InChI=1S/C16H20N4O4S/c1-16(2,3)18-14(22)17-12(21)9-25-15-20-19-13(24-15)10-5-7-11(23-4)8-6-10/h5-8H,9H2,1-4H3,(H2,17,18,21,22). The number of amides is 3. The zero-order valence-corrected chi connectivity index (χ0v) is 15.3. The SMILES string of the molecule is COc1ccc(-c2nnc(SCC(=O)NC(=O)NC(C)(C)C)o2)cc1. The molecule has 0 radical (unpaired) electrons. The van der Waals surface area contributed by atoms with Gasteiger partial charge in [0.2, 0.25) is 11.8 Å². The van der Waals surface area contributed by atoms with Crippen LogP contribution >= 0.6 is 11.8 Å². The van der Waals surface area contributed by atoms with E-state index in [1.807, 2.05) is 20.8 Å². The maximum absolute atomic E-state index is 11.8. The van der Waals surface area contributed by atoms with E-state index >= 15 is 0 Å². The lowest BCUT2D eigenvalue weighted by molar-refractivity contribution is -0.117. The van der Waals surface area contributed by atoms with Crippen LogP contribution in [0.1, 0.15) is 20.8 Å². The highest BCUT2D eigenvalue weighted by Gasteiger charge is 2.17. The van der Waals surface area contributed by atoms with Gasteiger partial charge in [-0.1, -0.05) is 11.8 Å². The van der Waals surface area contributed by atoms with Gasteiger partial charge in [0, 0.05) is 11.1 Å². The Morgan fingerprint density at radius 3 is 2.48 bits per heavy atom. The molecular formula is C16H20N4O4S. The van der Waals surface area contributed by atoms with E-state index in [9.17, 15) is 9.59 Å². The summed E-state index contributed by atoms with van der Waals surface area (Å²) in [5.41, 5.74) is 0.325. The third kappa shape index (κ3) is 6.11. The number of thioether (sulfide) groups is 1. The molecule has 0 atom stereocenters. The number of nitrogens with zero attached hydrogens (tertiary/aromatic N) is 2. The fourth-order valence-corrected chi connectivity index (χ4v) is 2.34. The van der Waals surface area contributed by atoms with Crippen molar-refractivity contribution in [3.05, 3.63) is 24.3 Å². The highest BCUT2D eigenvalue weighted by molar-refractivity contribution is 7.99. The van der Waals surface area contributed by atoms with E-state index < -0.39 is 17.5 Å². The van der Waals surface area contributed by atoms with Gasteiger partial charge in [0.05, 0.1) is 12.9 Å². The van der Waals surface area contributed by atoms with Crippen LogP contribution in [0.4, 0.5) is 4.79 Å². The van der Waals surface area contributed by atoms with Crippen LogP contribution in [0.3, 0.4) is 0 Å². The molecule has 0 bridgehead atoms. The van der Waals surface area contributed by atoms with Gasteiger partial charge >= 0.3 is 6.03 Å². The van der Waals surface area contributed by atoms with Gasteiger partial charge in [-0.25, -0.2) is 4.79 Å². The molecule has 0 fully saturated rings. The van der Waals surface area contributed by atoms with Crippen molar-refractivity contribution in [2.75, 3.05) is 12.9 Å². The first-order valence-corrected chi connectivity index (χ1v) is 8.48. The highest BCUT2D eigenvalue weighted by Crippen LogP contribution is 2.24. The summed E-state index contributed by atoms with van der Waals surface area (Å²) in [5, 5.41) is 13.0. The normalized spacial score (nSPS) is 11.0. The van der Waals surface area contributed by atoms with Crippen molar-refractivity contribution >= 4 is 23.7 Å². The summed E-state index contributed by atoms with van der Waals surface area (Å²) in [4.78, 5) is 23.4. The summed E-state index contributed by atoms with van der Waals surface area (Å²) in [6.07, 6.45) is 0. The summed E-state index contributed by atoms with van der Waals surface area (Å²) < 4.78 is 10.6. The van der Waals surface area contributed by atoms with Crippen LogP contribution in [-0.4, -0.2) is 40.5 Å². The minimum atomic E-state index is -0.539. The Kier molecular flexibility index (Phi) is 6.02. The number of hydrogen-bond donors (Lipinski definition) is 2. The second-order valence-corrected chi connectivity index (χ2v) is 7.07. The molecule has 0 spiro atoms. The minimum Gasteiger partial charge on any atom is -0.497 e. The van der Waals surface area contributed by atoms with E-state index in [0.29, 0.717) is 5.89 Å². The first-order valence-electron chi connectivity index (χ1n) is 7.49. The third-order valence-corrected chi connectivity index (χ3v) is 3.63. The van der Waals surface area contributed by atoms with Crippen LogP contribution in [0.15, 0.2) is 33.9 Å². The molecule has 0 aliphatic rings. The number of carbonyl (C=O) groups excluding carboxylic acids is 2. The van der Waals surface area contributed by atoms with Crippen molar-refractivity contribution in [2.45, 2.75) is 31.5 Å². The molecular weight excluding hydrogens is 344 g/mol. The van der Waals surface area contributed by atoms with Gasteiger partial charge in [-0.15, -0.1) is 10.2 Å². The maximum atomic E-state index is 11.8. The zero-order chi connectivity index (χ0) is 18.4. The molecule has 0 aliphatic carbocycles. The summed E-state index contributed by atoms with van der Waals surface area (Å²) in [6, 6.07) is 6.62. The van der Waals surface area contributed by atoms with Gasteiger partial charge in [0.15, 0.2) is 0 Å². The molecule has 3 amide bonds. The van der Waals surface area contributed by atoms with Gasteiger partial charge in [0.25, 0.3) is 5.22 Å². The molecule has 1 heterocycles. The first-order chi connectivity index (χ1) is 11.8. The lowest BCUT2D eigenvalue weighted by Gasteiger charge is -2.20. The number of urea groups is 1. The Morgan fingerprint density at radius 2 is 1.88 bits per heavy atom. The number of hydrogen-bond acceptors (Lipinski definition) is 7. The van der Waals surface area contributed by atoms with Crippen molar-refractivity contribution in [2.24, 2.45) is 0 Å². The summed E-state index contributed by atoms with van der Waals surface area (Å²) in [6.45, 7) is 5.47. The van der Waals surface area contributed by atoms with E-state index in [4.69, 9.17) is 9.15 Å². The number of nitrogens with one attached hydrogen (secondary N) is 2. The Balaban J connectivity index is 1.86. The van der Waals surface area contributed by atoms with E-state index in [1.165, 1.54) is 0 Å². The van der Waals surface area contributed by atoms with Crippen LogP contribution in [0.2, 0.25) is 0 Å². The molecule has 25 heavy (non-hydrogen) atoms. The van der Waals surface area contributed by atoms with Gasteiger partial charge < -0.3 is 14.5 Å². The summed E-state index contributed by atoms with van der Waals surface area (Å²) >= 11 is 1.05. The molecule has 2 rings (SSSR count). The topological polar surface area (TPSA) is 106 Å². The lowest BCUT2D eigenvalue weighted by Crippen LogP contribution is -2.48. The molecule has 1 aromatic carbocycles. The molecule has 9 heteroatoms. The predicted molar refractivity (Wildman–Crippen MR) is 93.4 cm³/mol. The van der Waals surface area contributed by atoms with Crippen LogP contribution in [0.25, 0.3) is 11.5 Å². The van der Waals surface area contributed by atoms with Crippen molar-refractivity contribution in [3.8, 4) is 17.2 Å². The Bertz CT molecular complexity index is 737. The van der Waals surface area contributed by atoms with E-state index in [-0.39, 0.29) is 11.0 Å². The average Bonchev–Trinajstić information content (AvgIpc) is 3.00. The number of methoxy groups -OCH3 is 1. The van der Waals surface area contributed by atoms with Crippen molar-refractivity contribution < 1.29 is 18.7 Å².